The van der Waals surface area contributed by atoms with E-state index in [0.717, 1.165) is 12.1 Å². The second-order valence-electron chi connectivity index (χ2n) is 7.51. The number of amides is 2. The Balaban J connectivity index is 1.75. The van der Waals surface area contributed by atoms with Crippen molar-refractivity contribution in [2.45, 2.75) is 13.1 Å². The van der Waals surface area contributed by atoms with E-state index < -0.39 is 35.3 Å². The number of nitrogens with one attached hydrogen (secondary N) is 2. The van der Waals surface area contributed by atoms with Crippen LogP contribution in [0.1, 0.15) is 12.5 Å². The zero-order chi connectivity index (χ0) is 23.0. The van der Waals surface area contributed by atoms with E-state index in [-0.39, 0.29) is 35.2 Å². The number of halogens is 4. The minimum atomic E-state index is -4.55. The lowest BCUT2D eigenvalue weighted by atomic mass is 9.97. The molecule has 2 amide bonds. The normalized spacial score (nSPS) is 18.5. The summed E-state index contributed by atoms with van der Waals surface area (Å²) in [6.07, 6.45) is -4.55. The summed E-state index contributed by atoms with van der Waals surface area (Å²) in [7, 11) is 0. The Labute approximate surface area is 180 Å². The number of hydrogen-bond acceptors (Lipinski definition) is 3. The van der Waals surface area contributed by atoms with Gasteiger partial charge in [0.25, 0.3) is 0 Å². The van der Waals surface area contributed by atoms with E-state index >= 15 is 0 Å². The number of nitrogens with zero attached hydrogens (tertiary/aromatic N) is 2. The molecule has 3 aromatic rings. The third kappa shape index (κ3) is 4.20. The predicted octanol–water partition coefficient (Wildman–Crippen LogP) is 4.02. The van der Waals surface area contributed by atoms with Crippen LogP contribution in [0.3, 0.4) is 0 Å². The summed E-state index contributed by atoms with van der Waals surface area (Å²) < 4.78 is 54.7. The number of aromatic nitrogens is 2. The molecule has 0 bridgehead atoms. The van der Waals surface area contributed by atoms with Gasteiger partial charge in [-0.2, -0.15) is 13.2 Å². The van der Waals surface area contributed by atoms with Gasteiger partial charge in [0.2, 0.25) is 11.8 Å². The summed E-state index contributed by atoms with van der Waals surface area (Å²) in [5.74, 6) is -2.31. The highest BCUT2D eigenvalue weighted by Crippen LogP contribution is 2.34. The van der Waals surface area contributed by atoms with Crippen LogP contribution < -0.4 is 10.6 Å². The first-order valence-corrected chi connectivity index (χ1v) is 9.75. The van der Waals surface area contributed by atoms with E-state index in [1.807, 2.05) is 0 Å². The van der Waals surface area contributed by atoms with Gasteiger partial charge in [0.05, 0.1) is 22.9 Å². The molecule has 4 rings (SSSR count). The molecule has 1 aliphatic rings. The molecular weight excluding hydrogens is 428 g/mol. The highest BCUT2D eigenvalue weighted by Gasteiger charge is 2.36. The van der Waals surface area contributed by atoms with Crippen molar-refractivity contribution in [1.29, 1.82) is 0 Å². The molecule has 0 radical (unpaired) electrons. The highest BCUT2D eigenvalue weighted by molar-refractivity contribution is 5.98. The third-order valence-corrected chi connectivity index (χ3v) is 5.35. The number of benzene rings is 2. The largest absolute Gasteiger partial charge is 0.416 e. The van der Waals surface area contributed by atoms with Gasteiger partial charge in [-0.25, -0.2) is 9.07 Å². The topological polar surface area (TPSA) is 76.0 Å². The second-order valence-corrected chi connectivity index (χ2v) is 7.51. The van der Waals surface area contributed by atoms with Gasteiger partial charge in [0.1, 0.15) is 5.82 Å². The average molecular weight is 446 g/mol. The van der Waals surface area contributed by atoms with E-state index in [4.69, 9.17) is 0 Å². The Bertz CT molecular complexity index is 1190. The number of rotatable bonds is 4. The molecule has 1 aliphatic heterocycles. The van der Waals surface area contributed by atoms with Crippen molar-refractivity contribution < 1.29 is 27.2 Å². The van der Waals surface area contributed by atoms with E-state index in [1.54, 1.807) is 13.0 Å². The fourth-order valence-electron chi connectivity index (χ4n) is 3.58. The molecule has 0 saturated carbocycles. The summed E-state index contributed by atoms with van der Waals surface area (Å²) in [6, 6.07) is 11.4. The van der Waals surface area contributed by atoms with Crippen molar-refractivity contribution in [3.05, 3.63) is 66.0 Å². The Morgan fingerprint density at radius 2 is 1.91 bits per heavy atom. The Hall–Kier alpha value is -3.69. The van der Waals surface area contributed by atoms with Gasteiger partial charge < -0.3 is 10.6 Å². The maximum Gasteiger partial charge on any atom is 0.416 e. The lowest BCUT2D eigenvalue weighted by Crippen LogP contribution is -2.28. The van der Waals surface area contributed by atoms with Gasteiger partial charge in [-0.1, -0.05) is 25.1 Å². The highest BCUT2D eigenvalue weighted by atomic mass is 19.4. The summed E-state index contributed by atoms with van der Waals surface area (Å²) in [5, 5.41) is 9.50. The van der Waals surface area contributed by atoms with Crippen molar-refractivity contribution in [3.8, 4) is 16.9 Å². The first kappa shape index (κ1) is 21.5. The molecule has 32 heavy (non-hydrogen) atoms. The number of carbonyl (C=O) groups is 2. The first-order chi connectivity index (χ1) is 15.1. The maximum absolute atomic E-state index is 13.8. The summed E-state index contributed by atoms with van der Waals surface area (Å²) in [6.45, 7) is 1.81. The zero-order valence-corrected chi connectivity index (χ0v) is 16.8. The van der Waals surface area contributed by atoms with Gasteiger partial charge in [0.15, 0.2) is 5.82 Å². The SMILES string of the molecule is C[C@H]1C(=O)NC[C@@H]1C(=O)Nc1cc(-c2cccc(C(F)(F)F)c2)n(-c2cccc(F)c2)n1. The van der Waals surface area contributed by atoms with Gasteiger partial charge >= 0.3 is 6.18 Å². The van der Waals surface area contributed by atoms with Gasteiger partial charge in [-0.15, -0.1) is 5.10 Å². The van der Waals surface area contributed by atoms with Crippen LogP contribution in [0.15, 0.2) is 54.6 Å². The fourth-order valence-corrected chi connectivity index (χ4v) is 3.58. The monoisotopic (exact) mass is 446 g/mol. The van der Waals surface area contributed by atoms with E-state index in [2.05, 4.69) is 15.7 Å². The van der Waals surface area contributed by atoms with Crippen LogP contribution in [0.4, 0.5) is 23.4 Å². The van der Waals surface area contributed by atoms with Crippen molar-refractivity contribution in [2.75, 3.05) is 11.9 Å². The molecule has 1 saturated heterocycles. The standard InChI is InChI=1S/C22H18F4N4O2/c1-12-17(11-27-20(12)31)21(32)28-19-10-18(13-4-2-5-14(8-13)22(24,25)26)30(29-19)16-7-3-6-15(23)9-16/h2-10,12,17H,11H2,1H3,(H,27,31)(H,28,29,32)/t12-,17+/m1/s1. The molecule has 0 unspecified atom stereocenters. The smallest absolute Gasteiger partial charge is 0.355 e. The van der Waals surface area contributed by atoms with Crippen molar-refractivity contribution >= 4 is 17.6 Å². The molecule has 6 nitrogen and oxygen atoms in total. The van der Waals surface area contributed by atoms with Crippen LogP contribution in [0, 0.1) is 17.7 Å². The van der Waals surface area contributed by atoms with Crippen LogP contribution >= 0.6 is 0 Å². The lowest BCUT2D eigenvalue weighted by Gasteiger charge is -2.11. The quantitative estimate of drug-likeness (QED) is 0.595. The molecule has 1 aromatic heterocycles. The van der Waals surface area contributed by atoms with Crippen molar-refractivity contribution in [1.82, 2.24) is 15.1 Å². The molecule has 2 N–H and O–H groups in total. The van der Waals surface area contributed by atoms with Crippen molar-refractivity contribution in [3.63, 3.8) is 0 Å². The Kier molecular flexibility index (Phi) is 5.45. The third-order valence-electron chi connectivity index (χ3n) is 5.35. The van der Waals surface area contributed by atoms with Crippen LogP contribution in [0.2, 0.25) is 0 Å². The number of carbonyl (C=O) groups excluding carboxylic acids is 2. The van der Waals surface area contributed by atoms with Crippen LogP contribution in [-0.4, -0.2) is 28.1 Å². The van der Waals surface area contributed by atoms with Crippen LogP contribution in [0.25, 0.3) is 16.9 Å². The number of anilines is 1. The number of alkyl halides is 3. The Morgan fingerprint density at radius 3 is 2.56 bits per heavy atom. The lowest BCUT2D eigenvalue weighted by molar-refractivity contribution is -0.137. The predicted molar refractivity (Wildman–Crippen MR) is 108 cm³/mol. The summed E-state index contributed by atoms with van der Waals surface area (Å²) in [5.41, 5.74) is -0.172. The molecule has 0 spiro atoms. The zero-order valence-electron chi connectivity index (χ0n) is 16.8. The maximum atomic E-state index is 13.8. The molecule has 2 heterocycles. The summed E-state index contributed by atoms with van der Waals surface area (Å²) >= 11 is 0. The van der Waals surface area contributed by atoms with E-state index in [0.29, 0.717) is 0 Å². The van der Waals surface area contributed by atoms with E-state index in [9.17, 15) is 27.2 Å². The first-order valence-electron chi connectivity index (χ1n) is 9.75. The second kappa shape index (κ2) is 8.10. The van der Waals surface area contributed by atoms with Gasteiger partial charge in [-0.3, -0.25) is 9.59 Å². The Morgan fingerprint density at radius 1 is 1.16 bits per heavy atom. The van der Waals surface area contributed by atoms with Crippen molar-refractivity contribution in [2.24, 2.45) is 11.8 Å². The van der Waals surface area contributed by atoms with Crippen LogP contribution in [-0.2, 0) is 15.8 Å². The van der Waals surface area contributed by atoms with Gasteiger partial charge in [0, 0.05) is 24.1 Å². The molecule has 10 heteroatoms. The van der Waals surface area contributed by atoms with Gasteiger partial charge in [-0.05, 0) is 30.3 Å². The molecule has 2 atom stereocenters. The molecule has 1 fully saturated rings. The molecular formula is C22H18F4N4O2. The molecule has 166 valence electrons. The average Bonchev–Trinajstić information content (AvgIpc) is 3.31. The number of hydrogen-bond donors (Lipinski definition) is 2. The summed E-state index contributed by atoms with van der Waals surface area (Å²) in [4.78, 5) is 24.3. The molecule has 0 aliphatic carbocycles. The minimum absolute atomic E-state index is 0.0678. The van der Waals surface area contributed by atoms with E-state index in [1.165, 1.54) is 41.1 Å². The minimum Gasteiger partial charge on any atom is -0.355 e. The molecule has 2 aromatic carbocycles. The fraction of sp³-hybridized carbons (Fsp3) is 0.227. The van der Waals surface area contributed by atoms with Crippen LogP contribution in [0.5, 0.6) is 0 Å².